The summed E-state index contributed by atoms with van der Waals surface area (Å²) in [4.78, 5) is 4.26. The van der Waals surface area contributed by atoms with Gasteiger partial charge >= 0.3 is 0 Å². The molecule has 0 atom stereocenters. The molecule has 0 unspecified atom stereocenters. The highest BCUT2D eigenvalue weighted by Crippen LogP contribution is 2.19. The summed E-state index contributed by atoms with van der Waals surface area (Å²) in [5, 5.41) is 6.72. The minimum Gasteiger partial charge on any atom is -0.355 e. The molecular formula is C15H26IN3S. The number of guanidine groups is 1. The molecule has 0 saturated heterocycles. The van der Waals surface area contributed by atoms with E-state index in [4.69, 9.17) is 0 Å². The molecule has 0 spiro atoms. The fourth-order valence-electron chi connectivity index (χ4n) is 1.58. The number of halogens is 1. The molecule has 2 N–H and O–H groups in total. The Morgan fingerprint density at radius 2 is 1.90 bits per heavy atom. The number of aliphatic imine (C=N–C) groups is 1. The molecule has 0 heterocycles. The van der Waals surface area contributed by atoms with Crippen molar-refractivity contribution in [1.82, 2.24) is 10.6 Å². The lowest BCUT2D eigenvalue weighted by molar-refractivity contribution is 0.664. The highest BCUT2D eigenvalue weighted by Gasteiger charge is 2.15. The van der Waals surface area contributed by atoms with Crippen molar-refractivity contribution in [2.24, 2.45) is 4.99 Å². The molecule has 0 bridgehead atoms. The maximum Gasteiger partial charge on any atom is 0.191 e. The van der Waals surface area contributed by atoms with Gasteiger partial charge in [-0.3, -0.25) is 4.99 Å². The monoisotopic (exact) mass is 407 g/mol. The summed E-state index contributed by atoms with van der Waals surface area (Å²) in [5.41, 5.74) is 2.60. The van der Waals surface area contributed by atoms with E-state index in [0.29, 0.717) is 0 Å². The van der Waals surface area contributed by atoms with Crippen molar-refractivity contribution in [1.29, 1.82) is 0 Å². The first-order valence-electron chi connectivity index (χ1n) is 6.52. The Kier molecular flexibility index (Phi) is 9.29. The maximum absolute atomic E-state index is 4.26. The standard InChI is InChI=1S/C15H25N3S.HI/c1-12-8-6-7-9-13(12)10-17-14(16-4)18-11-15(2,3)19-5;/h6-9H,10-11H2,1-5H3,(H2,16,17,18);1H. The van der Waals surface area contributed by atoms with Gasteiger partial charge in [0.25, 0.3) is 0 Å². The van der Waals surface area contributed by atoms with Crippen LogP contribution in [0.3, 0.4) is 0 Å². The van der Waals surface area contributed by atoms with Crippen LogP contribution >= 0.6 is 35.7 Å². The van der Waals surface area contributed by atoms with Crippen LogP contribution in [0.25, 0.3) is 0 Å². The highest BCUT2D eigenvalue weighted by molar-refractivity contribution is 14.0. The van der Waals surface area contributed by atoms with Crippen LogP contribution in [0.2, 0.25) is 0 Å². The summed E-state index contributed by atoms with van der Waals surface area (Å²) >= 11 is 1.85. The lowest BCUT2D eigenvalue weighted by atomic mass is 10.1. The number of nitrogens with one attached hydrogen (secondary N) is 2. The number of nitrogens with zero attached hydrogens (tertiary/aromatic N) is 1. The van der Waals surface area contributed by atoms with Gasteiger partial charge in [0.2, 0.25) is 0 Å². The Bertz CT molecular complexity index is 433. The summed E-state index contributed by atoms with van der Waals surface area (Å²) < 4.78 is 0.209. The maximum atomic E-state index is 4.26. The SMILES string of the molecule is CN=C(NCc1ccccc1C)NCC(C)(C)SC.I. The third-order valence-electron chi connectivity index (χ3n) is 3.17. The fourth-order valence-corrected chi connectivity index (χ4v) is 1.79. The van der Waals surface area contributed by atoms with Gasteiger partial charge in [0.1, 0.15) is 0 Å². The molecule has 114 valence electrons. The predicted molar refractivity (Wildman–Crippen MR) is 102 cm³/mol. The molecule has 0 aromatic heterocycles. The largest absolute Gasteiger partial charge is 0.355 e. The first kappa shape index (κ1) is 19.6. The van der Waals surface area contributed by atoms with Crippen molar-refractivity contribution >= 4 is 41.7 Å². The van der Waals surface area contributed by atoms with Crippen molar-refractivity contribution in [2.45, 2.75) is 32.1 Å². The Morgan fingerprint density at radius 1 is 1.25 bits per heavy atom. The molecular weight excluding hydrogens is 381 g/mol. The Morgan fingerprint density at radius 3 is 2.45 bits per heavy atom. The molecule has 0 aliphatic heterocycles. The molecule has 0 aliphatic carbocycles. The Balaban J connectivity index is 0.00000361. The molecule has 5 heteroatoms. The van der Waals surface area contributed by atoms with Crippen LogP contribution in [0.1, 0.15) is 25.0 Å². The van der Waals surface area contributed by atoms with E-state index in [2.05, 4.69) is 66.9 Å². The predicted octanol–water partition coefficient (Wildman–Crippen LogP) is 3.42. The van der Waals surface area contributed by atoms with Crippen molar-refractivity contribution in [2.75, 3.05) is 19.8 Å². The van der Waals surface area contributed by atoms with Gasteiger partial charge in [-0.1, -0.05) is 24.3 Å². The molecule has 1 rings (SSSR count). The van der Waals surface area contributed by atoms with Crippen LogP contribution in [-0.2, 0) is 6.54 Å². The molecule has 0 saturated carbocycles. The highest BCUT2D eigenvalue weighted by atomic mass is 127. The third kappa shape index (κ3) is 6.83. The summed E-state index contributed by atoms with van der Waals surface area (Å²) in [5.74, 6) is 0.852. The van der Waals surface area contributed by atoms with E-state index < -0.39 is 0 Å². The third-order valence-corrected chi connectivity index (χ3v) is 4.41. The number of rotatable bonds is 5. The van der Waals surface area contributed by atoms with Gasteiger partial charge in [-0.2, -0.15) is 11.8 Å². The minimum atomic E-state index is 0. The second-order valence-electron chi connectivity index (χ2n) is 5.17. The van der Waals surface area contributed by atoms with E-state index >= 15 is 0 Å². The first-order valence-corrected chi connectivity index (χ1v) is 7.75. The lowest BCUT2D eigenvalue weighted by Gasteiger charge is -2.23. The number of benzene rings is 1. The molecule has 3 nitrogen and oxygen atoms in total. The Hall–Kier alpha value is -0.430. The summed E-state index contributed by atoms with van der Waals surface area (Å²) in [6, 6.07) is 8.40. The van der Waals surface area contributed by atoms with Crippen molar-refractivity contribution in [3.8, 4) is 0 Å². The molecule has 0 fully saturated rings. The second kappa shape index (κ2) is 9.50. The average molecular weight is 407 g/mol. The van der Waals surface area contributed by atoms with Crippen LogP contribution < -0.4 is 10.6 Å². The molecule has 1 aromatic carbocycles. The van der Waals surface area contributed by atoms with E-state index in [-0.39, 0.29) is 28.7 Å². The van der Waals surface area contributed by atoms with Gasteiger partial charge in [-0.15, -0.1) is 24.0 Å². The summed E-state index contributed by atoms with van der Waals surface area (Å²) in [7, 11) is 1.80. The smallest absolute Gasteiger partial charge is 0.191 e. The summed E-state index contributed by atoms with van der Waals surface area (Å²) in [6.07, 6.45) is 2.13. The normalized spacial score (nSPS) is 11.8. The number of thioether (sulfide) groups is 1. The van der Waals surface area contributed by atoms with Crippen molar-refractivity contribution in [3.05, 3.63) is 35.4 Å². The van der Waals surface area contributed by atoms with Crippen LogP contribution in [0.4, 0.5) is 0 Å². The zero-order chi connectivity index (χ0) is 14.3. The van der Waals surface area contributed by atoms with E-state index in [1.807, 2.05) is 11.8 Å². The zero-order valence-corrected chi connectivity index (χ0v) is 16.1. The van der Waals surface area contributed by atoms with E-state index in [9.17, 15) is 0 Å². The molecule has 0 aliphatic rings. The van der Waals surface area contributed by atoms with E-state index in [1.54, 1.807) is 7.05 Å². The quantitative estimate of drug-likeness (QED) is 0.446. The number of hydrogen-bond donors (Lipinski definition) is 2. The van der Waals surface area contributed by atoms with Crippen molar-refractivity contribution < 1.29 is 0 Å². The fraction of sp³-hybridized carbons (Fsp3) is 0.533. The van der Waals surface area contributed by atoms with Gasteiger partial charge in [0.05, 0.1) is 0 Å². The van der Waals surface area contributed by atoms with Gasteiger partial charge < -0.3 is 10.6 Å². The molecule has 0 amide bonds. The van der Waals surface area contributed by atoms with Crippen molar-refractivity contribution in [3.63, 3.8) is 0 Å². The van der Waals surface area contributed by atoms with Crippen LogP contribution in [0.15, 0.2) is 29.3 Å². The lowest BCUT2D eigenvalue weighted by Crippen LogP contribution is -2.43. The average Bonchev–Trinajstić information content (AvgIpc) is 2.41. The molecule has 1 aromatic rings. The minimum absolute atomic E-state index is 0. The Labute approximate surface area is 144 Å². The van der Waals surface area contributed by atoms with Crippen LogP contribution in [0.5, 0.6) is 0 Å². The van der Waals surface area contributed by atoms with E-state index in [0.717, 1.165) is 19.0 Å². The van der Waals surface area contributed by atoms with Crippen LogP contribution in [-0.4, -0.2) is 30.6 Å². The summed E-state index contributed by atoms with van der Waals surface area (Å²) in [6.45, 7) is 8.26. The van der Waals surface area contributed by atoms with E-state index in [1.165, 1.54) is 11.1 Å². The topological polar surface area (TPSA) is 36.4 Å². The van der Waals surface area contributed by atoms with Gasteiger partial charge in [-0.05, 0) is 38.2 Å². The van der Waals surface area contributed by atoms with Gasteiger partial charge in [-0.25, -0.2) is 0 Å². The van der Waals surface area contributed by atoms with Gasteiger partial charge in [0.15, 0.2) is 5.96 Å². The number of hydrogen-bond acceptors (Lipinski definition) is 2. The van der Waals surface area contributed by atoms with Gasteiger partial charge in [0, 0.05) is 24.9 Å². The number of aryl methyl sites for hydroxylation is 1. The molecule has 0 radical (unpaired) electrons. The van der Waals surface area contributed by atoms with Crippen LogP contribution in [0, 0.1) is 6.92 Å². The first-order chi connectivity index (χ1) is 8.98. The molecule has 20 heavy (non-hydrogen) atoms. The zero-order valence-electron chi connectivity index (χ0n) is 13.0. The second-order valence-corrected chi connectivity index (χ2v) is 6.68.